The summed E-state index contributed by atoms with van der Waals surface area (Å²) in [5.41, 5.74) is 0. The molecule has 1 aromatic carbocycles. The summed E-state index contributed by atoms with van der Waals surface area (Å²) in [4.78, 5) is 3.82. The molecule has 0 atom stereocenters. The molecule has 2 rings (SSSR count). The Labute approximate surface area is 89.4 Å². The minimum Gasteiger partial charge on any atom is -0.434 e. The van der Waals surface area contributed by atoms with Crippen molar-refractivity contribution in [3.05, 3.63) is 35.6 Å². The molecule has 0 bridgehead atoms. The zero-order valence-corrected chi connectivity index (χ0v) is 8.21. The van der Waals surface area contributed by atoms with Gasteiger partial charge in [-0.3, -0.25) is 0 Å². The predicted octanol–water partition coefficient (Wildman–Crippen LogP) is 3.49. The quantitative estimate of drug-likeness (QED) is 0.736. The number of halogens is 3. The van der Waals surface area contributed by atoms with E-state index in [4.69, 9.17) is 11.6 Å². The zero-order chi connectivity index (χ0) is 10.8. The monoisotopic (exact) mass is 229 g/mol. The lowest BCUT2D eigenvalue weighted by molar-refractivity contribution is -0.0487. The molecule has 0 aliphatic heterocycles. The molecule has 0 saturated heterocycles. The molecule has 0 amide bonds. The average molecular weight is 230 g/mol. The van der Waals surface area contributed by atoms with Crippen LogP contribution in [0.2, 0.25) is 5.15 Å². The standard InChI is InChI=1S/C10H6ClF2NO/c11-9-8-6(4-5-14-9)2-1-3-7(8)15-10(12)13/h1-5,10H. The number of hydrogen-bond acceptors (Lipinski definition) is 2. The van der Waals surface area contributed by atoms with Gasteiger partial charge in [-0.1, -0.05) is 23.7 Å². The molecule has 15 heavy (non-hydrogen) atoms. The first-order valence-electron chi connectivity index (χ1n) is 4.16. The Kier molecular flexibility index (Phi) is 2.68. The fourth-order valence-electron chi connectivity index (χ4n) is 1.35. The third-order valence-electron chi connectivity index (χ3n) is 1.92. The van der Waals surface area contributed by atoms with E-state index in [1.807, 2.05) is 0 Å². The summed E-state index contributed by atoms with van der Waals surface area (Å²) < 4.78 is 28.5. The van der Waals surface area contributed by atoms with Gasteiger partial charge in [-0.2, -0.15) is 8.78 Å². The van der Waals surface area contributed by atoms with Gasteiger partial charge < -0.3 is 4.74 Å². The smallest absolute Gasteiger partial charge is 0.387 e. The van der Waals surface area contributed by atoms with Crippen molar-refractivity contribution < 1.29 is 13.5 Å². The van der Waals surface area contributed by atoms with Gasteiger partial charge in [-0.15, -0.1) is 0 Å². The molecular weight excluding hydrogens is 224 g/mol. The van der Waals surface area contributed by atoms with Crippen LogP contribution in [0.1, 0.15) is 0 Å². The van der Waals surface area contributed by atoms with Crippen LogP contribution in [0.25, 0.3) is 10.8 Å². The molecule has 1 heterocycles. The van der Waals surface area contributed by atoms with Gasteiger partial charge in [0, 0.05) is 6.20 Å². The Morgan fingerprint density at radius 1 is 1.27 bits per heavy atom. The third kappa shape index (κ3) is 1.99. The molecule has 0 spiro atoms. The summed E-state index contributed by atoms with van der Waals surface area (Å²) in [5.74, 6) is 0.0422. The minimum absolute atomic E-state index is 0.0422. The second-order valence-corrected chi connectivity index (χ2v) is 3.19. The van der Waals surface area contributed by atoms with Gasteiger partial charge in [-0.25, -0.2) is 4.98 Å². The Bertz CT molecular complexity index is 485. The van der Waals surface area contributed by atoms with Crippen molar-refractivity contribution in [1.82, 2.24) is 4.98 Å². The summed E-state index contributed by atoms with van der Waals surface area (Å²) in [5, 5.41) is 1.28. The molecule has 0 radical (unpaired) electrons. The number of benzene rings is 1. The SMILES string of the molecule is FC(F)Oc1cccc2ccnc(Cl)c12. The summed E-state index contributed by atoms with van der Waals surface area (Å²) in [6.07, 6.45) is 1.51. The highest BCUT2D eigenvalue weighted by Crippen LogP contribution is 2.31. The highest BCUT2D eigenvalue weighted by Gasteiger charge is 2.10. The molecule has 0 aliphatic rings. The van der Waals surface area contributed by atoms with Gasteiger partial charge >= 0.3 is 6.61 Å². The number of pyridine rings is 1. The molecule has 0 N–H and O–H groups in total. The van der Waals surface area contributed by atoms with E-state index in [0.717, 1.165) is 0 Å². The van der Waals surface area contributed by atoms with E-state index in [1.54, 1.807) is 18.2 Å². The molecule has 78 valence electrons. The van der Waals surface area contributed by atoms with Crippen LogP contribution < -0.4 is 4.74 Å². The van der Waals surface area contributed by atoms with Crippen molar-refractivity contribution >= 4 is 22.4 Å². The topological polar surface area (TPSA) is 22.1 Å². The number of rotatable bonds is 2. The molecule has 0 fully saturated rings. The Balaban J connectivity index is 2.63. The normalized spacial score (nSPS) is 10.9. The second-order valence-electron chi connectivity index (χ2n) is 2.83. The van der Waals surface area contributed by atoms with Crippen LogP contribution in [0, 0.1) is 0 Å². The predicted molar refractivity (Wildman–Crippen MR) is 53.4 cm³/mol. The van der Waals surface area contributed by atoms with Crippen LogP contribution >= 0.6 is 11.6 Å². The first kappa shape index (κ1) is 10.1. The summed E-state index contributed by atoms with van der Waals surface area (Å²) in [6.45, 7) is -2.87. The minimum atomic E-state index is -2.87. The first-order chi connectivity index (χ1) is 7.18. The molecule has 1 aromatic heterocycles. The van der Waals surface area contributed by atoms with Crippen LogP contribution in [-0.2, 0) is 0 Å². The van der Waals surface area contributed by atoms with E-state index in [1.165, 1.54) is 12.3 Å². The van der Waals surface area contributed by atoms with E-state index in [2.05, 4.69) is 9.72 Å². The molecule has 2 nitrogen and oxygen atoms in total. The van der Waals surface area contributed by atoms with Gasteiger partial charge in [0.2, 0.25) is 0 Å². The molecule has 0 unspecified atom stereocenters. The van der Waals surface area contributed by atoms with Crippen molar-refractivity contribution in [2.45, 2.75) is 6.61 Å². The number of nitrogens with zero attached hydrogens (tertiary/aromatic N) is 1. The summed E-state index contributed by atoms with van der Waals surface area (Å²) >= 11 is 5.81. The number of hydrogen-bond donors (Lipinski definition) is 0. The van der Waals surface area contributed by atoms with Gasteiger partial charge in [0.15, 0.2) is 0 Å². The van der Waals surface area contributed by atoms with Gasteiger partial charge in [0.25, 0.3) is 0 Å². The maximum absolute atomic E-state index is 12.1. The van der Waals surface area contributed by atoms with Crippen molar-refractivity contribution in [3.8, 4) is 5.75 Å². The van der Waals surface area contributed by atoms with Crippen LogP contribution in [0.3, 0.4) is 0 Å². The number of ether oxygens (including phenoxy) is 1. The van der Waals surface area contributed by atoms with Crippen LogP contribution in [-0.4, -0.2) is 11.6 Å². The van der Waals surface area contributed by atoms with E-state index >= 15 is 0 Å². The number of alkyl halides is 2. The molecular formula is C10H6ClF2NO. The Morgan fingerprint density at radius 2 is 2.07 bits per heavy atom. The highest BCUT2D eigenvalue weighted by molar-refractivity contribution is 6.34. The van der Waals surface area contributed by atoms with Crippen LogP contribution in [0.4, 0.5) is 8.78 Å². The number of fused-ring (bicyclic) bond motifs is 1. The van der Waals surface area contributed by atoms with Gasteiger partial charge in [0.1, 0.15) is 10.9 Å². The lowest BCUT2D eigenvalue weighted by atomic mass is 10.1. The zero-order valence-electron chi connectivity index (χ0n) is 7.45. The average Bonchev–Trinajstić information content (AvgIpc) is 2.17. The molecule has 0 saturated carbocycles. The van der Waals surface area contributed by atoms with Gasteiger partial charge in [0.05, 0.1) is 5.39 Å². The van der Waals surface area contributed by atoms with E-state index < -0.39 is 6.61 Å². The van der Waals surface area contributed by atoms with E-state index in [-0.39, 0.29) is 10.9 Å². The molecule has 2 aromatic rings. The molecule has 5 heteroatoms. The summed E-state index contributed by atoms with van der Waals surface area (Å²) in [7, 11) is 0. The fraction of sp³-hybridized carbons (Fsp3) is 0.100. The second kappa shape index (κ2) is 3.98. The first-order valence-corrected chi connectivity index (χ1v) is 4.54. The van der Waals surface area contributed by atoms with E-state index in [9.17, 15) is 8.78 Å². The van der Waals surface area contributed by atoms with Crippen molar-refractivity contribution in [3.63, 3.8) is 0 Å². The van der Waals surface area contributed by atoms with Gasteiger partial charge in [-0.05, 0) is 17.5 Å². The van der Waals surface area contributed by atoms with E-state index in [0.29, 0.717) is 10.8 Å². The lowest BCUT2D eigenvalue weighted by Crippen LogP contribution is -2.02. The lowest BCUT2D eigenvalue weighted by Gasteiger charge is -2.08. The summed E-state index contributed by atoms with van der Waals surface area (Å²) in [6, 6.07) is 6.49. The third-order valence-corrected chi connectivity index (χ3v) is 2.21. The van der Waals surface area contributed by atoms with Crippen LogP contribution in [0.15, 0.2) is 30.5 Å². The highest BCUT2D eigenvalue weighted by atomic mass is 35.5. The Morgan fingerprint density at radius 3 is 2.80 bits per heavy atom. The fourth-order valence-corrected chi connectivity index (χ4v) is 1.61. The molecule has 0 aliphatic carbocycles. The maximum atomic E-state index is 12.1. The maximum Gasteiger partial charge on any atom is 0.387 e. The largest absolute Gasteiger partial charge is 0.434 e. The van der Waals surface area contributed by atoms with Crippen LogP contribution in [0.5, 0.6) is 5.75 Å². The van der Waals surface area contributed by atoms with Crippen molar-refractivity contribution in [1.29, 1.82) is 0 Å². The van der Waals surface area contributed by atoms with Crippen molar-refractivity contribution in [2.24, 2.45) is 0 Å². The Hall–Kier alpha value is -1.42. The van der Waals surface area contributed by atoms with Crippen molar-refractivity contribution in [2.75, 3.05) is 0 Å². The number of aromatic nitrogens is 1.